The van der Waals surface area contributed by atoms with Crippen molar-refractivity contribution < 1.29 is 28.2 Å². The summed E-state index contributed by atoms with van der Waals surface area (Å²) in [6.07, 6.45) is -3.51. The Morgan fingerprint density at radius 3 is 2.58 bits per heavy atom. The van der Waals surface area contributed by atoms with Gasteiger partial charge >= 0.3 is 12.1 Å². The maximum absolute atomic E-state index is 10.6. The second-order valence-corrected chi connectivity index (χ2v) is 9.83. The second kappa shape index (κ2) is 11.2. The number of benzene rings is 1. The zero-order chi connectivity index (χ0) is 25.7. The van der Waals surface area contributed by atoms with Gasteiger partial charge in [0.15, 0.2) is 5.82 Å². The quantitative estimate of drug-likeness (QED) is 0.284. The third-order valence-corrected chi connectivity index (χ3v) is 7.48. The molecule has 8 nitrogen and oxygen atoms in total. The molecular formula is C23H22F3N5O3S2. The number of alkyl halides is 3. The summed E-state index contributed by atoms with van der Waals surface area (Å²) in [7, 11) is 0. The number of nitrogens with zero attached hydrogens (tertiary/aromatic N) is 3. The number of thiophene rings is 2. The van der Waals surface area contributed by atoms with Gasteiger partial charge in [-0.3, -0.25) is 4.90 Å². The van der Waals surface area contributed by atoms with Gasteiger partial charge in [0.1, 0.15) is 12.1 Å². The van der Waals surface area contributed by atoms with E-state index in [2.05, 4.69) is 43.0 Å². The minimum absolute atomic E-state index is 0.225. The van der Waals surface area contributed by atoms with Crippen LogP contribution in [-0.4, -0.2) is 63.4 Å². The monoisotopic (exact) mass is 537 g/mol. The summed E-state index contributed by atoms with van der Waals surface area (Å²) in [5, 5.41) is 25.8. The number of rotatable bonds is 5. The predicted molar refractivity (Wildman–Crippen MR) is 134 cm³/mol. The number of nitrogens with one attached hydrogen (secondary N) is 2. The van der Waals surface area contributed by atoms with Crippen LogP contribution >= 0.6 is 22.7 Å². The van der Waals surface area contributed by atoms with Crippen molar-refractivity contribution >= 4 is 50.4 Å². The standard InChI is InChI=1S/C21H21N5OS2.C2HF3O2/c27-16-3-1-2-15(9-16)25-21-20-17(23-13-24-21)10-19(29-20)18-8-14(12-28-18)11-26-6-4-22-5-7-26;3-2(4,5)1(6)7/h1-3,8-10,12-13,22,27H,4-7,11H2,(H,23,24,25);(H,6,7). The summed E-state index contributed by atoms with van der Waals surface area (Å²) in [4.78, 5) is 22.7. The SMILES string of the molecule is O=C(O)C(F)(F)F.Oc1cccc(Nc2ncnc3cc(-c4cc(CN5CCNCC5)cs4)sc23)c1. The van der Waals surface area contributed by atoms with E-state index < -0.39 is 12.1 Å². The molecule has 0 amide bonds. The first-order chi connectivity index (χ1) is 17.2. The molecule has 190 valence electrons. The number of phenolic OH excluding ortho intramolecular Hbond substituents is 1. The molecule has 1 fully saturated rings. The lowest BCUT2D eigenvalue weighted by Gasteiger charge is -2.26. The van der Waals surface area contributed by atoms with Gasteiger partial charge in [0.25, 0.3) is 0 Å². The largest absolute Gasteiger partial charge is 0.508 e. The van der Waals surface area contributed by atoms with E-state index in [1.807, 2.05) is 12.1 Å². The van der Waals surface area contributed by atoms with Crippen molar-refractivity contribution in [1.82, 2.24) is 20.2 Å². The highest BCUT2D eigenvalue weighted by Gasteiger charge is 2.38. The molecule has 3 aromatic heterocycles. The number of aromatic nitrogens is 2. The summed E-state index contributed by atoms with van der Waals surface area (Å²) in [5.41, 5.74) is 3.10. The molecular weight excluding hydrogens is 515 g/mol. The lowest BCUT2D eigenvalue weighted by molar-refractivity contribution is -0.192. The van der Waals surface area contributed by atoms with Gasteiger partial charge in [0.2, 0.25) is 0 Å². The van der Waals surface area contributed by atoms with Gasteiger partial charge in [-0.15, -0.1) is 22.7 Å². The van der Waals surface area contributed by atoms with Crippen molar-refractivity contribution in [2.45, 2.75) is 12.7 Å². The minimum atomic E-state index is -5.08. The first kappa shape index (κ1) is 25.8. The van der Waals surface area contributed by atoms with Crippen LogP contribution in [-0.2, 0) is 11.3 Å². The Bertz CT molecular complexity index is 1340. The zero-order valence-electron chi connectivity index (χ0n) is 18.7. The summed E-state index contributed by atoms with van der Waals surface area (Å²) < 4.78 is 32.8. The average molecular weight is 538 g/mol. The maximum atomic E-state index is 10.6. The topological polar surface area (TPSA) is 111 Å². The predicted octanol–water partition coefficient (Wildman–Crippen LogP) is 4.91. The van der Waals surface area contributed by atoms with Gasteiger partial charge in [-0.2, -0.15) is 13.2 Å². The Hall–Kier alpha value is -3.26. The van der Waals surface area contributed by atoms with E-state index in [4.69, 9.17) is 9.90 Å². The van der Waals surface area contributed by atoms with Crippen LogP contribution in [0.5, 0.6) is 5.75 Å². The number of hydrogen-bond donors (Lipinski definition) is 4. The molecule has 0 spiro atoms. The molecule has 1 aliphatic rings. The molecule has 1 aliphatic heterocycles. The molecule has 0 unspecified atom stereocenters. The highest BCUT2D eigenvalue weighted by atomic mass is 32.1. The molecule has 1 aromatic carbocycles. The molecule has 0 saturated carbocycles. The van der Waals surface area contributed by atoms with Crippen molar-refractivity contribution in [3.05, 3.63) is 53.7 Å². The van der Waals surface area contributed by atoms with Crippen LogP contribution in [0.25, 0.3) is 20.0 Å². The number of fused-ring (bicyclic) bond motifs is 1. The van der Waals surface area contributed by atoms with E-state index in [9.17, 15) is 18.3 Å². The second-order valence-electron chi connectivity index (χ2n) is 7.87. The Morgan fingerprint density at radius 1 is 1.14 bits per heavy atom. The van der Waals surface area contributed by atoms with Crippen LogP contribution < -0.4 is 10.6 Å². The number of phenols is 1. The van der Waals surface area contributed by atoms with Crippen LogP contribution in [0.4, 0.5) is 24.7 Å². The van der Waals surface area contributed by atoms with E-state index in [1.54, 1.807) is 41.1 Å². The Balaban J connectivity index is 0.000000384. The van der Waals surface area contributed by atoms with Crippen molar-refractivity contribution in [1.29, 1.82) is 0 Å². The summed E-state index contributed by atoms with van der Waals surface area (Å²) in [6, 6.07) is 11.5. The number of aromatic hydroxyl groups is 1. The van der Waals surface area contributed by atoms with Gasteiger partial charge < -0.3 is 20.8 Å². The number of anilines is 2. The van der Waals surface area contributed by atoms with E-state index in [-0.39, 0.29) is 5.75 Å². The number of carboxylic acids is 1. The number of carbonyl (C=O) groups is 1. The average Bonchev–Trinajstić information content (AvgIpc) is 3.47. The molecule has 13 heteroatoms. The zero-order valence-corrected chi connectivity index (χ0v) is 20.4. The number of piperazine rings is 1. The van der Waals surface area contributed by atoms with Crippen LogP contribution in [0.2, 0.25) is 0 Å². The molecule has 4 N–H and O–H groups in total. The normalized spacial score (nSPS) is 14.3. The lowest BCUT2D eigenvalue weighted by atomic mass is 10.2. The molecule has 0 atom stereocenters. The van der Waals surface area contributed by atoms with Gasteiger partial charge in [-0.1, -0.05) is 6.07 Å². The molecule has 4 heterocycles. The summed E-state index contributed by atoms with van der Waals surface area (Å²) in [5.74, 6) is -1.77. The van der Waals surface area contributed by atoms with Crippen molar-refractivity contribution in [3.63, 3.8) is 0 Å². The van der Waals surface area contributed by atoms with E-state index >= 15 is 0 Å². The Kier molecular flexibility index (Phi) is 8.04. The lowest BCUT2D eigenvalue weighted by Crippen LogP contribution is -2.42. The Labute approximate surface area is 212 Å². The summed E-state index contributed by atoms with van der Waals surface area (Å²) >= 11 is 3.48. The molecule has 0 aliphatic carbocycles. The molecule has 5 rings (SSSR count). The molecule has 36 heavy (non-hydrogen) atoms. The van der Waals surface area contributed by atoms with E-state index in [0.29, 0.717) is 0 Å². The smallest absolute Gasteiger partial charge is 0.490 e. The number of aliphatic carboxylic acids is 1. The third kappa shape index (κ3) is 6.69. The first-order valence-electron chi connectivity index (χ1n) is 10.8. The van der Waals surface area contributed by atoms with Crippen molar-refractivity contribution in [3.8, 4) is 15.5 Å². The number of carboxylic acid groups (broad SMARTS) is 1. The van der Waals surface area contributed by atoms with E-state index in [0.717, 1.165) is 54.4 Å². The number of hydrogen-bond acceptors (Lipinski definition) is 9. The molecule has 4 aromatic rings. The Morgan fingerprint density at radius 2 is 1.89 bits per heavy atom. The van der Waals surface area contributed by atoms with Gasteiger partial charge in [0, 0.05) is 54.2 Å². The van der Waals surface area contributed by atoms with Crippen LogP contribution in [0.1, 0.15) is 5.56 Å². The summed E-state index contributed by atoms with van der Waals surface area (Å²) in [6.45, 7) is 5.36. The fourth-order valence-electron chi connectivity index (χ4n) is 3.50. The van der Waals surface area contributed by atoms with Crippen LogP contribution in [0, 0.1) is 0 Å². The van der Waals surface area contributed by atoms with E-state index in [1.165, 1.54) is 15.3 Å². The number of halogens is 3. The first-order valence-corrected chi connectivity index (χ1v) is 12.5. The van der Waals surface area contributed by atoms with Crippen LogP contribution in [0.15, 0.2) is 48.1 Å². The van der Waals surface area contributed by atoms with Gasteiger partial charge in [0.05, 0.1) is 10.2 Å². The molecule has 1 saturated heterocycles. The fraction of sp³-hybridized carbons (Fsp3) is 0.261. The highest BCUT2D eigenvalue weighted by Crippen LogP contribution is 2.39. The van der Waals surface area contributed by atoms with Crippen LogP contribution in [0.3, 0.4) is 0 Å². The molecule has 0 radical (unpaired) electrons. The maximum Gasteiger partial charge on any atom is 0.490 e. The van der Waals surface area contributed by atoms with Crippen molar-refractivity contribution in [2.24, 2.45) is 0 Å². The highest BCUT2D eigenvalue weighted by molar-refractivity contribution is 7.26. The van der Waals surface area contributed by atoms with Gasteiger partial charge in [-0.05, 0) is 35.2 Å². The fourth-order valence-corrected chi connectivity index (χ4v) is 5.55. The van der Waals surface area contributed by atoms with Crippen molar-refractivity contribution in [2.75, 3.05) is 31.5 Å². The third-order valence-electron chi connectivity index (χ3n) is 5.18. The van der Waals surface area contributed by atoms with Gasteiger partial charge in [-0.25, -0.2) is 14.8 Å². The minimum Gasteiger partial charge on any atom is -0.508 e. The molecule has 0 bridgehead atoms.